The highest BCUT2D eigenvalue weighted by molar-refractivity contribution is 6.18. The fourth-order valence-electron chi connectivity index (χ4n) is 1.52. The largest absolute Gasteiger partial charge is 0.373 e. The molecular weight excluding hydrogens is 208 g/mol. The van der Waals surface area contributed by atoms with Crippen molar-refractivity contribution in [1.29, 1.82) is 5.26 Å². The van der Waals surface area contributed by atoms with Crippen molar-refractivity contribution in [3.63, 3.8) is 0 Å². The van der Waals surface area contributed by atoms with Gasteiger partial charge in [0.05, 0.1) is 11.3 Å². The summed E-state index contributed by atoms with van der Waals surface area (Å²) in [5, 5.41) is 8.96. The summed E-state index contributed by atoms with van der Waals surface area (Å²) in [5.74, 6) is 1.06. The molecule has 0 amide bonds. The molecule has 0 heterocycles. The Morgan fingerprint density at radius 2 is 2.13 bits per heavy atom. The molecule has 1 rings (SSSR count). The summed E-state index contributed by atoms with van der Waals surface area (Å²) in [6.07, 6.45) is 0. The number of hydrogen-bond donors (Lipinski definition) is 0. The van der Waals surface area contributed by atoms with Gasteiger partial charge in [-0.3, -0.25) is 0 Å². The van der Waals surface area contributed by atoms with E-state index in [9.17, 15) is 0 Å². The zero-order valence-electron chi connectivity index (χ0n) is 9.07. The van der Waals surface area contributed by atoms with Crippen molar-refractivity contribution in [2.45, 2.75) is 6.92 Å². The van der Waals surface area contributed by atoms with Crippen LogP contribution in [-0.4, -0.2) is 19.5 Å². The van der Waals surface area contributed by atoms with Crippen molar-refractivity contribution < 1.29 is 0 Å². The van der Waals surface area contributed by atoms with E-state index >= 15 is 0 Å². The first-order valence-electron chi connectivity index (χ1n) is 4.95. The number of anilines is 1. The van der Waals surface area contributed by atoms with Gasteiger partial charge >= 0.3 is 0 Å². The summed E-state index contributed by atoms with van der Waals surface area (Å²) in [4.78, 5) is 2.08. The summed E-state index contributed by atoms with van der Waals surface area (Å²) < 4.78 is 0. The van der Waals surface area contributed by atoms with E-state index in [-0.39, 0.29) is 0 Å². The third kappa shape index (κ3) is 3.14. The van der Waals surface area contributed by atoms with Crippen molar-refractivity contribution in [2.75, 3.05) is 24.4 Å². The molecule has 0 aliphatic heterocycles. The highest BCUT2D eigenvalue weighted by Crippen LogP contribution is 2.19. The molecule has 0 aliphatic rings. The smallest absolute Gasteiger partial charge is 0.101 e. The fraction of sp³-hybridized carbons (Fsp3) is 0.417. The monoisotopic (exact) mass is 222 g/mol. The van der Waals surface area contributed by atoms with Crippen molar-refractivity contribution in [2.24, 2.45) is 5.92 Å². The Hall–Kier alpha value is -1.20. The number of alkyl halides is 1. The zero-order valence-corrected chi connectivity index (χ0v) is 9.83. The predicted molar refractivity (Wildman–Crippen MR) is 64.3 cm³/mol. The van der Waals surface area contributed by atoms with E-state index in [1.54, 1.807) is 0 Å². The molecule has 1 aromatic rings. The lowest BCUT2D eigenvalue weighted by molar-refractivity contribution is 0.644. The van der Waals surface area contributed by atoms with Crippen molar-refractivity contribution in [3.05, 3.63) is 29.8 Å². The van der Waals surface area contributed by atoms with Crippen LogP contribution in [0.1, 0.15) is 12.5 Å². The van der Waals surface area contributed by atoms with Gasteiger partial charge in [-0.15, -0.1) is 11.6 Å². The number of hydrogen-bond acceptors (Lipinski definition) is 2. The molecule has 0 fully saturated rings. The maximum Gasteiger partial charge on any atom is 0.101 e. The van der Waals surface area contributed by atoms with Crippen LogP contribution in [-0.2, 0) is 0 Å². The van der Waals surface area contributed by atoms with Gasteiger partial charge in [-0.05, 0) is 18.1 Å². The maximum atomic E-state index is 8.96. The SMILES string of the molecule is CC(CCl)CN(C)c1ccccc1C#N. The second kappa shape index (κ2) is 5.63. The van der Waals surface area contributed by atoms with Crippen LogP contribution in [0.3, 0.4) is 0 Å². The minimum absolute atomic E-state index is 0.420. The fourth-order valence-corrected chi connectivity index (χ4v) is 1.61. The van der Waals surface area contributed by atoms with Crippen LogP contribution in [0.4, 0.5) is 5.69 Å². The molecule has 0 radical (unpaired) electrons. The predicted octanol–water partition coefficient (Wildman–Crippen LogP) is 2.87. The Morgan fingerprint density at radius 3 is 2.73 bits per heavy atom. The second-order valence-corrected chi connectivity index (χ2v) is 4.08. The summed E-state index contributed by atoms with van der Waals surface area (Å²) in [5.41, 5.74) is 1.68. The Bertz CT molecular complexity index is 357. The lowest BCUT2D eigenvalue weighted by Gasteiger charge is -2.23. The van der Waals surface area contributed by atoms with E-state index in [0.717, 1.165) is 12.2 Å². The second-order valence-electron chi connectivity index (χ2n) is 3.77. The van der Waals surface area contributed by atoms with Gasteiger partial charge in [-0.1, -0.05) is 19.1 Å². The van der Waals surface area contributed by atoms with Gasteiger partial charge in [-0.2, -0.15) is 5.26 Å². The highest BCUT2D eigenvalue weighted by Gasteiger charge is 2.09. The average molecular weight is 223 g/mol. The molecule has 0 aliphatic carbocycles. The Balaban J connectivity index is 2.82. The molecule has 15 heavy (non-hydrogen) atoms. The first-order valence-corrected chi connectivity index (χ1v) is 5.48. The van der Waals surface area contributed by atoms with Crippen molar-refractivity contribution in [1.82, 2.24) is 0 Å². The van der Waals surface area contributed by atoms with Gasteiger partial charge in [0.1, 0.15) is 6.07 Å². The van der Waals surface area contributed by atoms with Gasteiger partial charge in [0.25, 0.3) is 0 Å². The van der Waals surface area contributed by atoms with Crippen molar-refractivity contribution >= 4 is 17.3 Å². The molecule has 3 heteroatoms. The van der Waals surface area contributed by atoms with E-state index in [1.807, 2.05) is 31.3 Å². The van der Waals surface area contributed by atoms with Gasteiger partial charge < -0.3 is 4.90 Å². The summed E-state index contributed by atoms with van der Waals surface area (Å²) in [7, 11) is 1.99. The summed E-state index contributed by atoms with van der Waals surface area (Å²) in [6, 6.07) is 9.80. The number of rotatable bonds is 4. The van der Waals surface area contributed by atoms with Gasteiger partial charge in [0, 0.05) is 19.5 Å². The molecule has 0 saturated heterocycles. The highest BCUT2D eigenvalue weighted by atomic mass is 35.5. The third-order valence-electron chi connectivity index (χ3n) is 2.28. The molecular formula is C12H15ClN2. The quantitative estimate of drug-likeness (QED) is 0.733. The molecule has 0 bridgehead atoms. The van der Waals surface area contributed by atoms with Crippen molar-refractivity contribution in [3.8, 4) is 6.07 Å². The van der Waals surface area contributed by atoms with Crippen LogP contribution in [0.15, 0.2) is 24.3 Å². The van der Waals surface area contributed by atoms with Crippen LogP contribution in [0, 0.1) is 17.2 Å². The number of benzene rings is 1. The number of nitrogens with zero attached hydrogens (tertiary/aromatic N) is 2. The van der Waals surface area contributed by atoms with E-state index < -0.39 is 0 Å². The Kier molecular flexibility index (Phi) is 4.45. The molecule has 0 spiro atoms. The van der Waals surface area contributed by atoms with E-state index in [4.69, 9.17) is 16.9 Å². The van der Waals surface area contributed by atoms with Gasteiger partial charge in [0.15, 0.2) is 0 Å². The molecule has 80 valence electrons. The van der Waals surface area contributed by atoms with Gasteiger partial charge in [0.2, 0.25) is 0 Å². The van der Waals surface area contributed by atoms with Crippen LogP contribution in [0.25, 0.3) is 0 Å². The Morgan fingerprint density at radius 1 is 1.47 bits per heavy atom. The van der Waals surface area contributed by atoms with E-state index in [0.29, 0.717) is 17.4 Å². The van der Waals surface area contributed by atoms with Crippen LogP contribution in [0.2, 0.25) is 0 Å². The summed E-state index contributed by atoms with van der Waals surface area (Å²) >= 11 is 5.77. The molecule has 1 unspecified atom stereocenters. The van der Waals surface area contributed by atoms with Crippen LogP contribution < -0.4 is 4.90 Å². The minimum atomic E-state index is 0.420. The third-order valence-corrected chi connectivity index (χ3v) is 2.81. The first-order chi connectivity index (χ1) is 7.19. The Labute approximate surface area is 96.1 Å². The molecule has 1 atom stereocenters. The average Bonchev–Trinajstić information content (AvgIpc) is 2.28. The topological polar surface area (TPSA) is 27.0 Å². The standard InChI is InChI=1S/C12H15ClN2/c1-10(7-13)9-15(2)12-6-4-3-5-11(12)8-14/h3-6,10H,7,9H2,1-2H3. The number of para-hydroxylation sites is 1. The lowest BCUT2D eigenvalue weighted by atomic mass is 10.1. The van der Waals surface area contributed by atoms with E-state index in [1.165, 1.54) is 0 Å². The van der Waals surface area contributed by atoms with E-state index in [2.05, 4.69) is 17.9 Å². The zero-order chi connectivity index (χ0) is 11.3. The molecule has 1 aromatic carbocycles. The molecule has 2 nitrogen and oxygen atoms in total. The molecule has 0 N–H and O–H groups in total. The minimum Gasteiger partial charge on any atom is -0.373 e. The first kappa shape index (κ1) is 11.9. The maximum absolute atomic E-state index is 8.96. The van der Waals surface area contributed by atoms with Crippen LogP contribution in [0.5, 0.6) is 0 Å². The van der Waals surface area contributed by atoms with Crippen LogP contribution >= 0.6 is 11.6 Å². The summed E-state index contributed by atoms with van der Waals surface area (Å²) in [6.45, 7) is 2.96. The molecule has 0 aromatic heterocycles. The molecule has 0 saturated carbocycles. The van der Waals surface area contributed by atoms with Gasteiger partial charge in [-0.25, -0.2) is 0 Å². The number of nitriles is 1. The lowest BCUT2D eigenvalue weighted by Crippen LogP contribution is -2.25. The normalized spacial score (nSPS) is 11.9. The number of halogens is 1.